The Bertz CT molecular complexity index is 549. The molecule has 2 unspecified atom stereocenters. The largest absolute Gasteiger partial charge is 0.459 e. The van der Waals surface area contributed by atoms with Crippen LogP contribution in [0.3, 0.4) is 0 Å². The van der Waals surface area contributed by atoms with Crippen LogP contribution in [0.15, 0.2) is 22.8 Å². The summed E-state index contributed by atoms with van der Waals surface area (Å²) in [5, 5.41) is 3.26. The van der Waals surface area contributed by atoms with Crippen molar-refractivity contribution >= 4 is 24.2 Å². The van der Waals surface area contributed by atoms with Gasteiger partial charge in [0, 0.05) is 25.7 Å². The van der Waals surface area contributed by atoms with Crippen LogP contribution in [-0.2, 0) is 4.79 Å². The predicted molar refractivity (Wildman–Crippen MR) is 93.3 cm³/mol. The number of carbonyl (C=O) groups excluding carboxylic acids is 2. The Morgan fingerprint density at radius 1 is 1.21 bits per heavy atom. The smallest absolute Gasteiger partial charge is 0.290 e. The van der Waals surface area contributed by atoms with Crippen LogP contribution in [0.2, 0.25) is 0 Å². The average Bonchev–Trinajstić information content (AvgIpc) is 3.15. The van der Waals surface area contributed by atoms with Gasteiger partial charge in [-0.15, -0.1) is 12.4 Å². The molecule has 2 amide bonds. The van der Waals surface area contributed by atoms with Gasteiger partial charge in [0.05, 0.1) is 6.26 Å². The molecule has 1 N–H and O–H groups in total. The Hall–Kier alpha value is -1.53. The highest BCUT2D eigenvalue weighted by Crippen LogP contribution is 2.23. The van der Waals surface area contributed by atoms with E-state index >= 15 is 0 Å². The molecule has 2 aliphatic rings. The van der Waals surface area contributed by atoms with E-state index in [9.17, 15) is 9.59 Å². The van der Waals surface area contributed by atoms with E-state index in [0.29, 0.717) is 18.3 Å². The molecule has 3 heterocycles. The minimum absolute atomic E-state index is 0. The minimum atomic E-state index is -0.350. The fraction of sp³-hybridized carbons (Fsp3) is 0.647. The standard InChI is InChI=1S/C17H25N3O3.ClH/c1-18-13-6-4-9-19(12-13)16(21)14-7-2-3-10-20(14)17(22)15-8-5-11-23-15;/h5,8,11,13-14,18H,2-4,6-7,9-10,12H2,1H3;1H. The Morgan fingerprint density at radius 2 is 2.04 bits per heavy atom. The molecule has 2 aliphatic heterocycles. The number of amides is 2. The van der Waals surface area contributed by atoms with Crippen molar-refractivity contribution < 1.29 is 14.0 Å². The molecule has 0 radical (unpaired) electrons. The Kier molecular flexibility index (Phi) is 6.69. The third kappa shape index (κ3) is 3.92. The number of piperidine rings is 2. The number of carbonyl (C=O) groups is 2. The first kappa shape index (κ1) is 18.8. The monoisotopic (exact) mass is 355 g/mol. The van der Waals surface area contributed by atoms with Crippen LogP contribution in [-0.4, -0.2) is 60.4 Å². The molecule has 2 fully saturated rings. The summed E-state index contributed by atoms with van der Waals surface area (Å²) >= 11 is 0. The van der Waals surface area contributed by atoms with Gasteiger partial charge in [0.2, 0.25) is 5.91 Å². The van der Waals surface area contributed by atoms with Crippen molar-refractivity contribution in [3.05, 3.63) is 24.2 Å². The lowest BCUT2D eigenvalue weighted by molar-refractivity contribution is -0.138. The molecule has 0 spiro atoms. The fourth-order valence-corrected chi connectivity index (χ4v) is 3.60. The van der Waals surface area contributed by atoms with Gasteiger partial charge in [-0.25, -0.2) is 0 Å². The molecule has 0 aliphatic carbocycles. The van der Waals surface area contributed by atoms with Crippen molar-refractivity contribution in [2.24, 2.45) is 0 Å². The number of furan rings is 1. The topological polar surface area (TPSA) is 65.8 Å². The first-order chi connectivity index (χ1) is 11.2. The maximum absolute atomic E-state index is 13.0. The zero-order valence-electron chi connectivity index (χ0n) is 14.1. The van der Waals surface area contributed by atoms with Crippen molar-refractivity contribution in [2.75, 3.05) is 26.7 Å². The SMILES string of the molecule is CNC1CCCN(C(=O)C2CCCCN2C(=O)c2ccco2)C1.Cl. The quantitative estimate of drug-likeness (QED) is 0.899. The van der Waals surface area contributed by atoms with Gasteiger partial charge in [0.15, 0.2) is 5.76 Å². The molecular formula is C17H26ClN3O3. The van der Waals surface area contributed by atoms with Gasteiger partial charge in [-0.1, -0.05) is 0 Å². The number of likely N-dealkylation sites (N-methyl/N-ethyl adjacent to an activating group) is 1. The molecule has 0 bridgehead atoms. The van der Waals surface area contributed by atoms with Gasteiger partial charge in [-0.05, 0) is 51.3 Å². The number of hydrogen-bond donors (Lipinski definition) is 1. The Morgan fingerprint density at radius 3 is 2.75 bits per heavy atom. The van der Waals surface area contributed by atoms with E-state index in [2.05, 4.69) is 5.32 Å². The van der Waals surface area contributed by atoms with E-state index in [1.165, 1.54) is 6.26 Å². The van der Waals surface area contributed by atoms with E-state index < -0.39 is 0 Å². The highest BCUT2D eigenvalue weighted by Gasteiger charge is 2.37. The van der Waals surface area contributed by atoms with E-state index in [1.54, 1.807) is 17.0 Å². The molecule has 2 atom stereocenters. The number of nitrogens with zero attached hydrogens (tertiary/aromatic N) is 2. The highest BCUT2D eigenvalue weighted by atomic mass is 35.5. The zero-order chi connectivity index (χ0) is 16.2. The van der Waals surface area contributed by atoms with E-state index in [4.69, 9.17) is 4.42 Å². The molecule has 7 heteroatoms. The summed E-state index contributed by atoms with van der Waals surface area (Å²) < 4.78 is 5.23. The molecule has 0 saturated carbocycles. The van der Waals surface area contributed by atoms with Gasteiger partial charge in [0.1, 0.15) is 6.04 Å². The van der Waals surface area contributed by atoms with Gasteiger partial charge >= 0.3 is 0 Å². The Balaban J connectivity index is 0.00000208. The molecule has 3 rings (SSSR count). The van der Waals surface area contributed by atoms with Crippen LogP contribution in [0.5, 0.6) is 0 Å². The Labute approximate surface area is 149 Å². The fourth-order valence-electron chi connectivity index (χ4n) is 3.60. The molecule has 2 saturated heterocycles. The number of nitrogens with one attached hydrogen (secondary N) is 1. The molecule has 134 valence electrons. The zero-order valence-corrected chi connectivity index (χ0v) is 14.9. The second kappa shape index (κ2) is 8.53. The van der Waals surface area contributed by atoms with Crippen LogP contribution in [0, 0.1) is 0 Å². The number of rotatable bonds is 3. The normalized spacial score (nSPS) is 24.4. The van der Waals surface area contributed by atoms with Crippen molar-refractivity contribution in [3.8, 4) is 0 Å². The van der Waals surface area contributed by atoms with Crippen LogP contribution < -0.4 is 5.32 Å². The van der Waals surface area contributed by atoms with Gasteiger partial charge < -0.3 is 19.5 Å². The van der Waals surface area contributed by atoms with Crippen molar-refractivity contribution in [2.45, 2.75) is 44.2 Å². The number of halogens is 1. The molecule has 24 heavy (non-hydrogen) atoms. The average molecular weight is 356 g/mol. The first-order valence-corrected chi connectivity index (χ1v) is 8.51. The summed E-state index contributed by atoms with van der Waals surface area (Å²) in [4.78, 5) is 29.2. The van der Waals surface area contributed by atoms with Crippen LogP contribution >= 0.6 is 12.4 Å². The summed E-state index contributed by atoms with van der Waals surface area (Å²) in [6.07, 6.45) is 6.27. The molecular weight excluding hydrogens is 330 g/mol. The van der Waals surface area contributed by atoms with Crippen molar-refractivity contribution in [1.29, 1.82) is 0 Å². The lowest BCUT2D eigenvalue weighted by Crippen LogP contribution is -2.56. The molecule has 0 aromatic carbocycles. The second-order valence-electron chi connectivity index (χ2n) is 6.40. The summed E-state index contributed by atoms with van der Waals surface area (Å²) in [6.45, 7) is 2.14. The molecule has 1 aromatic rings. The maximum atomic E-state index is 13.0. The van der Waals surface area contributed by atoms with Crippen LogP contribution in [0.4, 0.5) is 0 Å². The van der Waals surface area contributed by atoms with E-state index in [-0.39, 0.29) is 30.3 Å². The lowest BCUT2D eigenvalue weighted by Gasteiger charge is -2.40. The van der Waals surface area contributed by atoms with Gasteiger partial charge in [-0.2, -0.15) is 0 Å². The number of likely N-dealkylation sites (tertiary alicyclic amines) is 2. The molecule has 1 aromatic heterocycles. The van der Waals surface area contributed by atoms with Crippen molar-refractivity contribution in [3.63, 3.8) is 0 Å². The van der Waals surface area contributed by atoms with E-state index in [1.807, 2.05) is 11.9 Å². The van der Waals surface area contributed by atoms with E-state index in [0.717, 1.165) is 45.2 Å². The van der Waals surface area contributed by atoms with Gasteiger partial charge in [-0.3, -0.25) is 9.59 Å². The first-order valence-electron chi connectivity index (χ1n) is 8.51. The lowest BCUT2D eigenvalue weighted by atomic mass is 9.98. The third-order valence-corrected chi connectivity index (χ3v) is 4.92. The summed E-state index contributed by atoms with van der Waals surface area (Å²) in [5.74, 6) is 0.233. The van der Waals surface area contributed by atoms with Crippen LogP contribution in [0.1, 0.15) is 42.7 Å². The molecule has 6 nitrogen and oxygen atoms in total. The van der Waals surface area contributed by atoms with Gasteiger partial charge in [0.25, 0.3) is 5.91 Å². The highest BCUT2D eigenvalue weighted by molar-refractivity contribution is 5.95. The third-order valence-electron chi connectivity index (χ3n) is 4.92. The maximum Gasteiger partial charge on any atom is 0.290 e. The summed E-state index contributed by atoms with van der Waals surface area (Å²) in [6, 6.07) is 3.37. The minimum Gasteiger partial charge on any atom is -0.459 e. The summed E-state index contributed by atoms with van der Waals surface area (Å²) in [7, 11) is 1.94. The van der Waals surface area contributed by atoms with Crippen molar-refractivity contribution in [1.82, 2.24) is 15.1 Å². The summed E-state index contributed by atoms with van der Waals surface area (Å²) in [5.41, 5.74) is 0. The number of hydrogen-bond acceptors (Lipinski definition) is 4. The predicted octanol–water partition coefficient (Wildman–Crippen LogP) is 1.91. The van der Waals surface area contributed by atoms with Crippen LogP contribution in [0.25, 0.3) is 0 Å². The second-order valence-corrected chi connectivity index (χ2v) is 6.40.